The van der Waals surface area contributed by atoms with Crippen molar-refractivity contribution in [2.24, 2.45) is 0 Å². The van der Waals surface area contributed by atoms with Gasteiger partial charge >= 0.3 is 0 Å². The van der Waals surface area contributed by atoms with Crippen LogP contribution in [0.5, 0.6) is 0 Å². The minimum atomic E-state index is 0.394. The first-order valence-electron chi connectivity index (χ1n) is 4.90. The van der Waals surface area contributed by atoms with E-state index >= 15 is 0 Å². The van der Waals surface area contributed by atoms with Crippen molar-refractivity contribution in [3.63, 3.8) is 0 Å². The fraction of sp³-hybridized carbons (Fsp3) is 0.167. The average Bonchev–Trinajstić information content (AvgIpc) is 2.65. The van der Waals surface area contributed by atoms with Gasteiger partial charge in [0.15, 0.2) is 0 Å². The van der Waals surface area contributed by atoms with Crippen LogP contribution in [-0.2, 0) is 6.42 Å². The third kappa shape index (κ3) is 2.61. The number of aryl methyl sites for hydroxylation is 1. The van der Waals surface area contributed by atoms with Gasteiger partial charge in [-0.05, 0) is 19.1 Å². The Hall–Kier alpha value is -1.08. The van der Waals surface area contributed by atoms with Crippen LogP contribution in [0.15, 0.2) is 18.2 Å². The van der Waals surface area contributed by atoms with Crippen LogP contribution in [0.4, 0.5) is 0 Å². The molecule has 1 aromatic heterocycles. The first-order valence-corrected chi connectivity index (χ1v) is 6.47. The lowest BCUT2D eigenvalue weighted by molar-refractivity contribution is 1.18. The predicted molar refractivity (Wildman–Crippen MR) is 71.6 cm³/mol. The van der Waals surface area contributed by atoms with Gasteiger partial charge in [0.25, 0.3) is 0 Å². The highest BCUT2D eigenvalue weighted by atomic mass is 35.5. The zero-order valence-corrected chi connectivity index (χ0v) is 11.3. The number of halogens is 2. The summed E-state index contributed by atoms with van der Waals surface area (Å²) in [6, 6.07) is 7.55. The highest BCUT2D eigenvalue weighted by Crippen LogP contribution is 2.32. The van der Waals surface area contributed by atoms with E-state index in [9.17, 15) is 0 Å². The van der Waals surface area contributed by atoms with Gasteiger partial charge in [-0.15, -0.1) is 11.3 Å². The Morgan fingerprint density at radius 3 is 2.76 bits per heavy atom. The second-order valence-corrected chi connectivity index (χ2v) is 5.39. The van der Waals surface area contributed by atoms with Crippen molar-refractivity contribution in [2.75, 3.05) is 0 Å². The highest BCUT2D eigenvalue weighted by Gasteiger charge is 2.10. The van der Waals surface area contributed by atoms with Crippen molar-refractivity contribution < 1.29 is 0 Å². The summed E-state index contributed by atoms with van der Waals surface area (Å²) in [6.45, 7) is 1.91. The molecule has 0 saturated heterocycles. The molecular weight excluding hydrogens is 275 g/mol. The molecule has 0 amide bonds. The summed E-state index contributed by atoms with van der Waals surface area (Å²) >= 11 is 13.3. The number of aromatic nitrogens is 1. The molecule has 86 valence electrons. The van der Waals surface area contributed by atoms with Gasteiger partial charge in [0.2, 0.25) is 0 Å². The van der Waals surface area contributed by atoms with Gasteiger partial charge in [0.1, 0.15) is 5.01 Å². The number of benzene rings is 1. The van der Waals surface area contributed by atoms with Crippen molar-refractivity contribution in [1.82, 2.24) is 4.98 Å². The molecule has 0 N–H and O–H groups in total. The van der Waals surface area contributed by atoms with E-state index in [4.69, 9.17) is 28.5 Å². The molecule has 0 aliphatic carbocycles. The van der Waals surface area contributed by atoms with E-state index in [0.29, 0.717) is 16.5 Å². The topological polar surface area (TPSA) is 36.7 Å². The summed E-state index contributed by atoms with van der Waals surface area (Å²) in [7, 11) is 0. The van der Waals surface area contributed by atoms with E-state index in [2.05, 4.69) is 11.1 Å². The molecule has 1 aromatic carbocycles. The fourth-order valence-electron chi connectivity index (χ4n) is 1.42. The molecule has 0 spiro atoms. The van der Waals surface area contributed by atoms with Crippen molar-refractivity contribution in [3.8, 4) is 16.6 Å². The van der Waals surface area contributed by atoms with E-state index < -0.39 is 0 Å². The first-order chi connectivity index (χ1) is 8.11. The number of thiazole rings is 1. The number of nitriles is 1. The second kappa shape index (κ2) is 5.05. The summed E-state index contributed by atoms with van der Waals surface area (Å²) in [6.07, 6.45) is 0.394. The Morgan fingerprint density at radius 1 is 1.35 bits per heavy atom. The van der Waals surface area contributed by atoms with Gasteiger partial charge < -0.3 is 0 Å². The van der Waals surface area contributed by atoms with Crippen LogP contribution in [0.25, 0.3) is 10.6 Å². The van der Waals surface area contributed by atoms with Crippen LogP contribution in [0.1, 0.15) is 10.6 Å². The van der Waals surface area contributed by atoms with Crippen molar-refractivity contribution in [3.05, 3.63) is 38.8 Å². The van der Waals surface area contributed by atoms with Crippen molar-refractivity contribution >= 4 is 34.5 Å². The van der Waals surface area contributed by atoms with Gasteiger partial charge in [0, 0.05) is 10.4 Å². The molecule has 1 heterocycles. The molecular formula is C12H8Cl2N2S. The van der Waals surface area contributed by atoms with E-state index in [1.54, 1.807) is 12.1 Å². The van der Waals surface area contributed by atoms with E-state index in [0.717, 1.165) is 21.1 Å². The van der Waals surface area contributed by atoms with Crippen molar-refractivity contribution in [1.29, 1.82) is 5.26 Å². The molecule has 0 atom stereocenters. The lowest BCUT2D eigenvalue weighted by atomic mass is 10.2. The van der Waals surface area contributed by atoms with Gasteiger partial charge in [-0.25, -0.2) is 4.98 Å². The molecule has 0 fully saturated rings. The van der Waals surface area contributed by atoms with Crippen LogP contribution >= 0.6 is 34.5 Å². The minimum absolute atomic E-state index is 0.394. The van der Waals surface area contributed by atoms with E-state index in [-0.39, 0.29) is 0 Å². The summed E-state index contributed by atoms with van der Waals surface area (Å²) in [5.74, 6) is 0. The maximum atomic E-state index is 8.69. The van der Waals surface area contributed by atoms with Gasteiger partial charge in [0.05, 0.1) is 28.2 Å². The largest absolute Gasteiger partial charge is 0.241 e. The lowest BCUT2D eigenvalue weighted by Crippen LogP contribution is -1.80. The summed E-state index contributed by atoms with van der Waals surface area (Å²) in [5, 5.41) is 10.6. The van der Waals surface area contributed by atoms with Crippen LogP contribution in [0.3, 0.4) is 0 Å². The quantitative estimate of drug-likeness (QED) is 0.814. The van der Waals surface area contributed by atoms with E-state index in [1.165, 1.54) is 11.3 Å². The average molecular weight is 283 g/mol. The molecule has 0 radical (unpaired) electrons. The molecule has 17 heavy (non-hydrogen) atoms. The Balaban J connectivity index is 2.43. The highest BCUT2D eigenvalue weighted by molar-refractivity contribution is 7.15. The maximum Gasteiger partial charge on any atom is 0.123 e. The Bertz CT molecular complexity index is 599. The normalized spacial score (nSPS) is 10.2. The predicted octanol–water partition coefficient (Wildman–Crippen LogP) is 4.49. The molecule has 2 nitrogen and oxygen atoms in total. The van der Waals surface area contributed by atoms with Crippen LogP contribution in [0.2, 0.25) is 10.0 Å². The van der Waals surface area contributed by atoms with Crippen LogP contribution < -0.4 is 0 Å². The second-order valence-electron chi connectivity index (χ2n) is 3.49. The van der Waals surface area contributed by atoms with Crippen LogP contribution in [-0.4, -0.2) is 4.98 Å². The zero-order chi connectivity index (χ0) is 12.4. The molecule has 2 rings (SSSR count). The first kappa shape index (κ1) is 12.4. The smallest absolute Gasteiger partial charge is 0.123 e. The van der Waals surface area contributed by atoms with Crippen molar-refractivity contribution in [2.45, 2.75) is 13.3 Å². The standard InChI is InChI=1S/C12H8Cl2N2S/c1-7-11(4-5-15)17-12(16-7)8-2-3-9(13)10(14)6-8/h2-3,6H,4H2,1H3. The number of hydrogen-bond donors (Lipinski definition) is 0. The van der Waals surface area contributed by atoms with E-state index in [1.807, 2.05) is 13.0 Å². The summed E-state index contributed by atoms with van der Waals surface area (Å²) < 4.78 is 0. The Morgan fingerprint density at radius 2 is 2.12 bits per heavy atom. The zero-order valence-electron chi connectivity index (χ0n) is 9.00. The molecule has 2 aromatic rings. The van der Waals surface area contributed by atoms with Gasteiger partial charge in [-0.3, -0.25) is 0 Å². The van der Waals surface area contributed by atoms with Gasteiger partial charge in [-0.2, -0.15) is 5.26 Å². The molecule has 0 saturated carbocycles. The summed E-state index contributed by atoms with van der Waals surface area (Å²) in [5.41, 5.74) is 1.83. The molecule has 5 heteroatoms. The molecule has 0 bridgehead atoms. The minimum Gasteiger partial charge on any atom is -0.241 e. The molecule has 0 unspecified atom stereocenters. The fourth-order valence-corrected chi connectivity index (χ4v) is 2.71. The maximum absolute atomic E-state index is 8.69. The van der Waals surface area contributed by atoms with Gasteiger partial charge in [-0.1, -0.05) is 29.3 Å². The number of nitrogens with zero attached hydrogens (tertiary/aromatic N) is 2. The Kier molecular flexibility index (Phi) is 3.68. The third-order valence-corrected chi connectivity index (χ3v) is 4.24. The SMILES string of the molecule is Cc1nc(-c2ccc(Cl)c(Cl)c2)sc1CC#N. The molecule has 0 aliphatic rings. The Labute approximate surface area is 113 Å². The lowest BCUT2D eigenvalue weighted by Gasteiger charge is -1.98. The van der Waals surface area contributed by atoms with Crippen LogP contribution in [0, 0.1) is 18.3 Å². The summed E-state index contributed by atoms with van der Waals surface area (Å²) in [4.78, 5) is 5.43. The molecule has 0 aliphatic heterocycles. The third-order valence-electron chi connectivity index (χ3n) is 2.30. The monoisotopic (exact) mass is 282 g/mol. The number of rotatable bonds is 2. The number of hydrogen-bond acceptors (Lipinski definition) is 3.